The van der Waals surface area contributed by atoms with Crippen molar-refractivity contribution in [3.63, 3.8) is 0 Å². The molecule has 0 aliphatic carbocycles. The molecule has 0 aliphatic heterocycles. The minimum absolute atomic E-state index is 0.0439. The van der Waals surface area contributed by atoms with Crippen LogP contribution in [-0.4, -0.2) is 55.5 Å². The standard InChI is InChI=1S/C18H26FN5S/c1-13-22-16(12-25-13)11-24(5)18(20-2)21-10-17(23(3)4)14-7-6-8-15(19)9-14/h6-9,12,17H,10-11H2,1-5H3,(H,20,21). The molecule has 1 heterocycles. The molecule has 25 heavy (non-hydrogen) atoms. The van der Waals surface area contributed by atoms with Gasteiger partial charge in [-0.1, -0.05) is 12.1 Å². The van der Waals surface area contributed by atoms with Crippen molar-refractivity contribution in [1.82, 2.24) is 20.1 Å². The quantitative estimate of drug-likeness (QED) is 0.633. The van der Waals surface area contributed by atoms with Gasteiger partial charge in [0.2, 0.25) is 0 Å². The van der Waals surface area contributed by atoms with Crippen molar-refractivity contribution in [3.05, 3.63) is 51.7 Å². The number of halogens is 1. The van der Waals surface area contributed by atoms with Crippen LogP contribution >= 0.6 is 11.3 Å². The molecule has 2 aromatic rings. The van der Waals surface area contributed by atoms with Crippen molar-refractivity contribution in [2.24, 2.45) is 4.99 Å². The van der Waals surface area contributed by atoms with Gasteiger partial charge in [0.05, 0.1) is 23.3 Å². The first-order valence-electron chi connectivity index (χ1n) is 8.15. The molecule has 0 radical (unpaired) electrons. The molecule has 0 spiro atoms. The molecule has 2 rings (SSSR count). The first kappa shape index (κ1) is 19.3. The summed E-state index contributed by atoms with van der Waals surface area (Å²) in [6.07, 6.45) is 0. The van der Waals surface area contributed by atoms with Gasteiger partial charge in [0.1, 0.15) is 5.82 Å². The van der Waals surface area contributed by atoms with Gasteiger partial charge in [-0.05, 0) is 38.7 Å². The largest absolute Gasteiger partial charge is 0.354 e. The number of likely N-dealkylation sites (N-methyl/N-ethyl adjacent to an activating group) is 1. The van der Waals surface area contributed by atoms with Crippen LogP contribution in [0.2, 0.25) is 0 Å². The molecule has 5 nitrogen and oxygen atoms in total. The summed E-state index contributed by atoms with van der Waals surface area (Å²) in [6.45, 7) is 3.32. The molecule has 1 atom stereocenters. The second-order valence-corrected chi connectivity index (χ2v) is 7.24. The van der Waals surface area contributed by atoms with Gasteiger partial charge in [-0.2, -0.15) is 0 Å². The lowest BCUT2D eigenvalue weighted by Crippen LogP contribution is -2.42. The van der Waals surface area contributed by atoms with E-state index in [1.807, 2.05) is 39.0 Å². The number of hydrogen-bond donors (Lipinski definition) is 1. The summed E-state index contributed by atoms with van der Waals surface area (Å²) in [7, 11) is 7.72. The van der Waals surface area contributed by atoms with E-state index in [1.165, 1.54) is 6.07 Å². The number of thiazole rings is 1. The fourth-order valence-electron chi connectivity index (χ4n) is 2.68. The summed E-state index contributed by atoms with van der Waals surface area (Å²) in [5, 5.41) is 6.51. The van der Waals surface area contributed by atoms with Crippen LogP contribution in [-0.2, 0) is 6.54 Å². The predicted molar refractivity (Wildman–Crippen MR) is 103 cm³/mol. The van der Waals surface area contributed by atoms with Gasteiger partial charge >= 0.3 is 0 Å². The highest BCUT2D eigenvalue weighted by Gasteiger charge is 2.17. The van der Waals surface area contributed by atoms with Gasteiger partial charge in [0.25, 0.3) is 0 Å². The van der Waals surface area contributed by atoms with Crippen LogP contribution in [0.1, 0.15) is 22.3 Å². The molecule has 7 heteroatoms. The Labute approximate surface area is 153 Å². The van der Waals surface area contributed by atoms with Gasteiger partial charge in [0.15, 0.2) is 5.96 Å². The predicted octanol–water partition coefficient (Wildman–Crippen LogP) is 2.90. The Kier molecular flexibility index (Phi) is 6.90. The van der Waals surface area contributed by atoms with Crippen LogP contribution in [0.25, 0.3) is 0 Å². The molecule has 0 amide bonds. The number of aryl methyl sites for hydroxylation is 1. The van der Waals surface area contributed by atoms with Crippen molar-refractivity contribution >= 4 is 17.3 Å². The van der Waals surface area contributed by atoms with Crippen molar-refractivity contribution in [3.8, 4) is 0 Å². The average Bonchev–Trinajstić information content (AvgIpc) is 2.96. The van der Waals surface area contributed by atoms with E-state index in [9.17, 15) is 4.39 Å². The number of aromatic nitrogens is 1. The number of nitrogens with one attached hydrogen (secondary N) is 1. The third-order valence-corrected chi connectivity index (χ3v) is 4.77. The zero-order valence-corrected chi connectivity index (χ0v) is 16.3. The molecule has 1 aromatic carbocycles. The zero-order valence-electron chi connectivity index (χ0n) is 15.5. The Morgan fingerprint density at radius 2 is 2.12 bits per heavy atom. The van der Waals surface area contributed by atoms with Gasteiger partial charge in [-0.25, -0.2) is 9.37 Å². The van der Waals surface area contributed by atoms with Crippen LogP contribution in [0.4, 0.5) is 4.39 Å². The average molecular weight is 364 g/mol. The first-order chi connectivity index (χ1) is 11.9. The van der Waals surface area contributed by atoms with Crippen LogP contribution in [0, 0.1) is 12.7 Å². The number of aliphatic imine (C=N–C) groups is 1. The summed E-state index contributed by atoms with van der Waals surface area (Å²) < 4.78 is 13.6. The Bertz CT molecular complexity index is 713. The SMILES string of the molecule is CN=C(NCC(c1cccc(F)c1)N(C)C)N(C)Cc1csc(C)n1. The molecule has 0 aliphatic rings. The smallest absolute Gasteiger partial charge is 0.193 e. The highest BCUT2D eigenvalue weighted by Crippen LogP contribution is 2.18. The van der Waals surface area contributed by atoms with Crippen LogP contribution in [0.5, 0.6) is 0 Å². The number of benzene rings is 1. The summed E-state index contributed by atoms with van der Waals surface area (Å²) in [4.78, 5) is 12.9. The van der Waals surface area contributed by atoms with E-state index in [0.717, 1.165) is 22.2 Å². The summed E-state index contributed by atoms with van der Waals surface area (Å²) in [5.41, 5.74) is 1.97. The van der Waals surface area contributed by atoms with Crippen molar-refractivity contribution in [1.29, 1.82) is 0 Å². The van der Waals surface area contributed by atoms with Gasteiger partial charge < -0.3 is 15.1 Å². The number of guanidine groups is 1. The first-order valence-corrected chi connectivity index (χ1v) is 9.03. The summed E-state index contributed by atoms with van der Waals surface area (Å²) in [5.74, 6) is 0.568. The monoisotopic (exact) mass is 363 g/mol. The summed E-state index contributed by atoms with van der Waals surface area (Å²) >= 11 is 1.65. The van der Waals surface area contributed by atoms with Crippen molar-refractivity contribution in [2.75, 3.05) is 34.7 Å². The lowest BCUT2D eigenvalue weighted by molar-refractivity contribution is 0.294. The van der Waals surface area contributed by atoms with Gasteiger partial charge in [-0.15, -0.1) is 11.3 Å². The Hall–Kier alpha value is -1.99. The van der Waals surface area contributed by atoms with E-state index in [4.69, 9.17) is 0 Å². The second kappa shape index (κ2) is 8.92. The minimum atomic E-state index is -0.218. The normalized spacial score (nSPS) is 13.2. The van der Waals surface area contributed by atoms with E-state index < -0.39 is 0 Å². The fraction of sp³-hybridized carbons (Fsp3) is 0.444. The number of rotatable bonds is 6. The lowest BCUT2D eigenvalue weighted by Gasteiger charge is -2.28. The van der Waals surface area contributed by atoms with Gasteiger partial charge in [0, 0.05) is 26.0 Å². The van der Waals surface area contributed by atoms with Crippen molar-refractivity contribution in [2.45, 2.75) is 19.5 Å². The molecule has 0 saturated carbocycles. The van der Waals surface area contributed by atoms with E-state index in [-0.39, 0.29) is 11.9 Å². The highest BCUT2D eigenvalue weighted by molar-refractivity contribution is 7.09. The third-order valence-electron chi connectivity index (χ3n) is 3.95. The maximum absolute atomic E-state index is 13.6. The summed E-state index contributed by atoms with van der Waals surface area (Å²) in [6, 6.07) is 6.78. The molecular formula is C18H26FN5S. The Balaban J connectivity index is 2.02. The molecule has 0 bridgehead atoms. The van der Waals surface area contributed by atoms with E-state index in [2.05, 4.69) is 25.6 Å². The molecule has 1 unspecified atom stereocenters. The van der Waals surface area contributed by atoms with E-state index in [0.29, 0.717) is 13.1 Å². The maximum Gasteiger partial charge on any atom is 0.193 e. The zero-order chi connectivity index (χ0) is 18.4. The van der Waals surface area contributed by atoms with Crippen LogP contribution < -0.4 is 5.32 Å². The van der Waals surface area contributed by atoms with E-state index in [1.54, 1.807) is 30.5 Å². The molecule has 0 fully saturated rings. The van der Waals surface area contributed by atoms with E-state index >= 15 is 0 Å². The molecule has 1 aromatic heterocycles. The van der Waals surface area contributed by atoms with Crippen molar-refractivity contribution < 1.29 is 4.39 Å². The molecule has 0 saturated heterocycles. The van der Waals surface area contributed by atoms with Crippen LogP contribution in [0.15, 0.2) is 34.6 Å². The number of hydrogen-bond acceptors (Lipinski definition) is 4. The maximum atomic E-state index is 13.6. The molecule has 1 N–H and O–H groups in total. The second-order valence-electron chi connectivity index (χ2n) is 6.18. The fourth-order valence-corrected chi connectivity index (χ4v) is 3.29. The Morgan fingerprint density at radius 3 is 2.68 bits per heavy atom. The topological polar surface area (TPSA) is 43.8 Å². The Morgan fingerprint density at radius 1 is 1.36 bits per heavy atom. The molecule has 136 valence electrons. The number of nitrogens with zero attached hydrogens (tertiary/aromatic N) is 4. The third kappa shape index (κ3) is 5.51. The lowest BCUT2D eigenvalue weighted by atomic mass is 10.1. The van der Waals surface area contributed by atoms with Gasteiger partial charge in [-0.3, -0.25) is 4.99 Å². The van der Waals surface area contributed by atoms with Crippen LogP contribution in [0.3, 0.4) is 0 Å². The molecular weight excluding hydrogens is 337 g/mol. The minimum Gasteiger partial charge on any atom is -0.354 e. The highest BCUT2D eigenvalue weighted by atomic mass is 32.1.